The van der Waals surface area contributed by atoms with Gasteiger partial charge in [0.15, 0.2) is 0 Å². The van der Waals surface area contributed by atoms with Gasteiger partial charge < -0.3 is 10.5 Å². The van der Waals surface area contributed by atoms with Crippen LogP contribution in [0.5, 0.6) is 0 Å². The number of carbonyl (C=O) groups excluding carboxylic acids is 3. The van der Waals surface area contributed by atoms with Crippen molar-refractivity contribution in [3.05, 3.63) is 70.1 Å². The smallest absolute Gasteiger partial charge is 0.417 e. The van der Waals surface area contributed by atoms with E-state index < -0.39 is 46.0 Å². The fourth-order valence-corrected chi connectivity index (χ4v) is 5.89. The summed E-state index contributed by atoms with van der Waals surface area (Å²) >= 11 is 1.99. The summed E-state index contributed by atoms with van der Waals surface area (Å²) in [5.74, 6) is -2.09. The van der Waals surface area contributed by atoms with E-state index in [-0.39, 0.29) is 27.5 Å². The zero-order valence-corrected chi connectivity index (χ0v) is 19.4. The molecule has 178 valence electrons. The van der Waals surface area contributed by atoms with Gasteiger partial charge in [0.1, 0.15) is 10.3 Å². The van der Waals surface area contributed by atoms with Crippen molar-refractivity contribution in [2.24, 2.45) is 5.73 Å². The summed E-state index contributed by atoms with van der Waals surface area (Å²) in [4.78, 5) is 43.9. The second-order valence-electron chi connectivity index (χ2n) is 7.55. The van der Waals surface area contributed by atoms with Crippen LogP contribution in [0, 0.1) is 0 Å². The Labute approximate surface area is 204 Å². The number of benzene rings is 1. The first-order valence-corrected chi connectivity index (χ1v) is 11.8. The molecule has 5 rings (SSSR count). The lowest BCUT2D eigenvalue weighted by molar-refractivity contribution is -0.138. The van der Waals surface area contributed by atoms with Gasteiger partial charge in [0.2, 0.25) is 0 Å². The summed E-state index contributed by atoms with van der Waals surface area (Å²) in [6.07, 6.45) is -4.77. The van der Waals surface area contributed by atoms with E-state index in [4.69, 9.17) is 5.73 Å². The average Bonchev–Trinajstić information content (AvgIpc) is 3.45. The maximum atomic E-state index is 14.1. The number of amides is 2. The van der Waals surface area contributed by atoms with Gasteiger partial charge in [-0.2, -0.15) is 13.2 Å². The molecule has 12 heteroatoms. The standard InChI is InChI=1S/C23H14F3N3O4S2/c1-33-22(32)10-4-6-11(7-5-10)29-20(30)16-17(27)15-12(23(24,25)26)9-13(14-3-2-8-34-14)28-19(15)35-18(16)21(29)31/h2-9,18H,27H2,1H3/t18-/m1/s1. The van der Waals surface area contributed by atoms with Crippen molar-refractivity contribution < 1.29 is 32.3 Å². The SMILES string of the molecule is COC(=O)c1ccc(N2C(=O)C3=C(N)c4c(C(F)(F)F)cc(-c5cccs5)nc4S[C@H]3C2=O)cc1. The molecule has 1 aromatic carbocycles. The molecule has 0 radical (unpaired) electrons. The molecule has 1 atom stereocenters. The number of rotatable bonds is 3. The predicted octanol–water partition coefficient (Wildman–Crippen LogP) is 4.33. The Hall–Kier alpha value is -3.64. The number of hydrogen-bond acceptors (Lipinski definition) is 8. The first-order valence-electron chi connectivity index (χ1n) is 10.0. The van der Waals surface area contributed by atoms with Gasteiger partial charge in [-0.15, -0.1) is 11.3 Å². The molecular formula is C23H14F3N3O4S2. The van der Waals surface area contributed by atoms with E-state index in [2.05, 4.69) is 9.72 Å². The van der Waals surface area contributed by atoms with Crippen molar-refractivity contribution in [1.29, 1.82) is 0 Å². The zero-order chi connectivity index (χ0) is 25.1. The molecule has 1 saturated heterocycles. The normalized spacial score (nSPS) is 17.5. The summed E-state index contributed by atoms with van der Waals surface area (Å²) in [6, 6.07) is 9.74. The topological polar surface area (TPSA) is 103 Å². The number of thioether (sulfide) groups is 1. The number of alkyl halides is 3. The Bertz CT molecular complexity index is 1420. The second kappa shape index (κ2) is 8.24. The number of nitrogens with zero attached hydrogens (tertiary/aromatic N) is 2. The van der Waals surface area contributed by atoms with Crippen molar-refractivity contribution in [3.8, 4) is 10.6 Å². The Morgan fingerprint density at radius 3 is 2.49 bits per heavy atom. The molecule has 2 aliphatic heterocycles. The highest BCUT2D eigenvalue weighted by Crippen LogP contribution is 2.49. The van der Waals surface area contributed by atoms with Crippen LogP contribution in [0.15, 0.2) is 58.4 Å². The number of hydrogen-bond donors (Lipinski definition) is 1. The molecular weight excluding hydrogens is 503 g/mol. The van der Waals surface area contributed by atoms with Gasteiger partial charge in [-0.1, -0.05) is 17.8 Å². The summed E-state index contributed by atoms with van der Waals surface area (Å²) in [5, 5.41) is 0.493. The van der Waals surface area contributed by atoms with Gasteiger partial charge in [-0.05, 0) is 41.8 Å². The molecule has 0 bridgehead atoms. The fraction of sp³-hybridized carbons (Fsp3) is 0.130. The van der Waals surface area contributed by atoms with Gasteiger partial charge in [0, 0.05) is 5.56 Å². The molecule has 0 unspecified atom stereocenters. The monoisotopic (exact) mass is 517 g/mol. The third-order valence-electron chi connectivity index (χ3n) is 5.54. The summed E-state index contributed by atoms with van der Waals surface area (Å²) in [7, 11) is 1.21. The minimum absolute atomic E-state index is 0.0708. The number of esters is 1. The molecule has 4 heterocycles. The lowest BCUT2D eigenvalue weighted by atomic mass is 10.00. The molecule has 0 aliphatic carbocycles. The zero-order valence-electron chi connectivity index (χ0n) is 17.8. The highest BCUT2D eigenvalue weighted by molar-refractivity contribution is 8.01. The molecule has 35 heavy (non-hydrogen) atoms. The van der Waals surface area contributed by atoms with E-state index in [0.29, 0.717) is 4.88 Å². The number of thiophene rings is 1. The highest BCUT2D eigenvalue weighted by atomic mass is 32.2. The largest absolute Gasteiger partial charge is 0.465 e. The molecule has 2 aliphatic rings. The Morgan fingerprint density at radius 2 is 1.89 bits per heavy atom. The van der Waals surface area contributed by atoms with Crippen LogP contribution in [-0.2, 0) is 20.5 Å². The van der Waals surface area contributed by atoms with Crippen LogP contribution in [0.1, 0.15) is 21.5 Å². The van der Waals surface area contributed by atoms with Gasteiger partial charge in [-0.25, -0.2) is 14.7 Å². The molecule has 2 aromatic heterocycles. The Morgan fingerprint density at radius 1 is 1.17 bits per heavy atom. The van der Waals surface area contributed by atoms with Crippen LogP contribution < -0.4 is 10.6 Å². The second-order valence-corrected chi connectivity index (χ2v) is 9.59. The van der Waals surface area contributed by atoms with E-state index in [0.717, 1.165) is 22.7 Å². The van der Waals surface area contributed by atoms with Crippen molar-refractivity contribution in [2.75, 3.05) is 12.0 Å². The van der Waals surface area contributed by atoms with E-state index >= 15 is 0 Å². The van der Waals surface area contributed by atoms with Crippen molar-refractivity contribution in [3.63, 3.8) is 0 Å². The van der Waals surface area contributed by atoms with E-state index in [1.807, 2.05) is 0 Å². The maximum Gasteiger partial charge on any atom is 0.417 e. The fourth-order valence-electron chi connectivity index (χ4n) is 3.94. The highest BCUT2D eigenvalue weighted by Gasteiger charge is 2.51. The number of anilines is 1. The molecule has 0 saturated carbocycles. The number of pyridine rings is 1. The first-order chi connectivity index (χ1) is 16.6. The lowest BCUT2D eigenvalue weighted by Crippen LogP contribution is -2.31. The number of halogens is 3. The minimum atomic E-state index is -4.77. The van der Waals surface area contributed by atoms with Gasteiger partial charge in [0.25, 0.3) is 11.8 Å². The maximum absolute atomic E-state index is 14.1. The Kier molecular flexibility index (Phi) is 5.44. The van der Waals surface area contributed by atoms with Crippen LogP contribution in [-0.4, -0.2) is 35.1 Å². The van der Waals surface area contributed by atoms with E-state index in [1.165, 1.54) is 42.7 Å². The average molecular weight is 518 g/mol. The first kappa shape index (κ1) is 23.1. The van der Waals surface area contributed by atoms with E-state index in [1.54, 1.807) is 17.5 Å². The number of imide groups is 1. The number of aromatic nitrogens is 1. The third-order valence-corrected chi connectivity index (χ3v) is 7.63. The Balaban J connectivity index is 1.62. The molecule has 2 N–H and O–H groups in total. The van der Waals surface area contributed by atoms with Gasteiger partial charge in [-0.3, -0.25) is 9.59 Å². The molecule has 2 amide bonds. The number of carbonyl (C=O) groups is 3. The summed E-state index contributed by atoms with van der Waals surface area (Å²) in [6.45, 7) is 0. The molecule has 1 fully saturated rings. The number of nitrogens with two attached hydrogens (primary N) is 1. The summed E-state index contributed by atoms with van der Waals surface area (Å²) < 4.78 is 46.8. The van der Waals surface area contributed by atoms with Gasteiger partial charge in [0.05, 0.1) is 45.8 Å². The van der Waals surface area contributed by atoms with Crippen molar-refractivity contribution >= 4 is 52.3 Å². The number of fused-ring (bicyclic) bond motifs is 2. The molecule has 7 nitrogen and oxygen atoms in total. The number of methoxy groups -OCH3 is 1. The number of ether oxygens (including phenoxy) is 1. The van der Waals surface area contributed by atoms with Crippen LogP contribution in [0.2, 0.25) is 0 Å². The minimum Gasteiger partial charge on any atom is -0.465 e. The van der Waals surface area contributed by atoms with E-state index in [9.17, 15) is 27.6 Å². The van der Waals surface area contributed by atoms with Crippen LogP contribution >= 0.6 is 23.1 Å². The van der Waals surface area contributed by atoms with Crippen LogP contribution in [0.4, 0.5) is 18.9 Å². The van der Waals surface area contributed by atoms with Gasteiger partial charge >= 0.3 is 12.1 Å². The predicted molar refractivity (Wildman–Crippen MR) is 124 cm³/mol. The molecule has 3 aromatic rings. The third kappa shape index (κ3) is 3.69. The van der Waals surface area contributed by atoms with Crippen LogP contribution in [0.3, 0.4) is 0 Å². The quantitative estimate of drug-likeness (QED) is 0.408. The lowest BCUT2D eigenvalue weighted by Gasteiger charge is -2.24. The van der Waals surface area contributed by atoms with Crippen molar-refractivity contribution in [2.45, 2.75) is 16.5 Å². The van der Waals surface area contributed by atoms with Crippen LogP contribution in [0.25, 0.3) is 16.3 Å². The molecule has 0 spiro atoms. The summed E-state index contributed by atoms with van der Waals surface area (Å²) in [5.41, 5.74) is 4.52. The van der Waals surface area contributed by atoms with Crippen molar-refractivity contribution in [1.82, 2.24) is 4.98 Å².